The molecular weight excluding hydrogens is 612 g/mol. The van der Waals surface area contributed by atoms with Crippen molar-refractivity contribution in [2.24, 2.45) is 9.98 Å². The highest BCUT2D eigenvalue weighted by atomic mass is 35.5. The molecule has 0 atom stereocenters. The summed E-state index contributed by atoms with van der Waals surface area (Å²) in [5.74, 6) is -0.468. The molecule has 2 aliphatic heterocycles. The highest BCUT2D eigenvalue weighted by Gasteiger charge is 2.35. The van der Waals surface area contributed by atoms with Gasteiger partial charge in [0, 0.05) is 0 Å². The molecule has 182 valence electrons. The highest BCUT2D eigenvalue weighted by Crippen LogP contribution is 2.44. The number of carbonyl (C=O) groups excluding carboxylic acids is 2. The maximum Gasteiger partial charge on any atom is 0.259 e. The molecule has 13 heteroatoms. The Morgan fingerprint density at radius 2 is 0.889 bits per heavy atom. The van der Waals surface area contributed by atoms with Gasteiger partial charge in [0.1, 0.15) is 11.7 Å². The summed E-state index contributed by atoms with van der Waals surface area (Å²) >= 11 is 43.6. The molecule has 0 saturated heterocycles. The molecule has 0 spiro atoms. The van der Waals surface area contributed by atoms with Gasteiger partial charge < -0.3 is 10.6 Å². The molecule has 3 aromatic carbocycles. The van der Waals surface area contributed by atoms with Crippen molar-refractivity contribution in [3.8, 4) is 0 Å². The fraction of sp³-hybridized carbons (Fsp3) is 0.0435. The molecule has 0 aromatic heterocycles. The number of carbonyl (C=O) groups is 2. The standard InChI is InChI=1S/C23H9Cl7N4O2/c1-6-9-10(14(25)17(28)13(6)24)20(33-22(9)35)31-7-2-4-8(5-3-7)32-21-11-12(23(36)34-21)16(27)19(30)18(29)15(11)26/h2-5H,1H3,(H,31,33,35)(H,32,34,36). The van der Waals surface area contributed by atoms with Crippen LogP contribution in [-0.2, 0) is 0 Å². The lowest BCUT2D eigenvalue weighted by Gasteiger charge is -2.09. The quantitative estimate of drug-likeness (QED) is 0.223. The second-order valence-corrected chi connectivity index (χ2v) is 10.3. The Balaban J connectivity index is 1.52. The van der Waals surface area contributed by atoms with Crippen molar-refractivity contribution in [3.05, 3.63) is 87.2 Å². The van der Waals surface area contributed by atoms with E-state index < -0.39 is 5.91 Å². The van der Waals surface area contributed by atoms with Crippen molar-refractivity contribution < 1.29 is 9.59 Å². The van der Waals surface area contributed by atoms with Gasteiger partial charge in [0.05, 0.1) is 68.8 Å². The van der Waals surface area contributed by atoms with E-state index >= 15 is 0 Å². The first-order chi connectivity index (χ1) is 17.0. The molecule has 0 fully saturated rings. The molecule has 0 radical (unpaired) electrons. The zero-order chi connectivity index (χ0) is 26.0. The summed E-state index contributed by atoms with van der Waals surface area (Å²) in [6.45, 7) is 1.68. The van der Waals surface area contributed by atoms with E-state index in [1.54, 1.807) is 31.2 Å². The maximum atomic E-state index is 12.5. The lowest BCUT2D eigenvalue weighted by molar-refractivity contribution is 0.0974. The number of hydrogen-bond donors (Lipinski definition) is 2. The number of rotatable bonds is 2. The van der Waals surface area contributed by atoms with Crippen LogP contribution in [0.1, 0.15) is 37.4 Å². The smallest absolute Gasteiger partial charge is 0.259 e. The molecule has 6 nitrogen and oxygen atoms in total. The van der Waals surface area contributed by atoms with Crippen LogP contribution in [0.5, 0.6) is 0 Å². The van der Waals surface area contributed by atoms with E-state index in [-0.39, 0.29) is 63.9 Å². The fourth-order valence-corrected chi connectivity index (χ4v) is 5.62. The number of amides is 2. The SMILES string of the molecule is Cc1c(Cl)c(Cl)c(Cl)c2c1C(=O)NC2=Nc1ccc(N=C2NC(=O)c3c(Cl)c(Cl)c(Cl)c(Cl)c32)cc1. The van der Waals surface area contributed by atoms with E-state index in [1.165, 1.54) is 0 Å². The van der Waals surface area contributed by atoms with Crippen LogP contribution in [0.25, 0.3) is 0 Å². The van der Waals surface area contributed by atoms with Gasteiger partial charge in [0.2, 0.25) is 0 Å². The summed E-state index contributed by atoms with van der Waals surface area (Å²) in [5.41, 5.74) is 2.53. The van der Waals surface area contributed by atoms with Gasteiger partial charge in [-0.3, -0.25) is 9.59 Å². The van der Waals surface area contributed by atoms with E-state index in [0.717, 1.165) is 0 Å². The Hall–Kier alpha value is -2.03. The first-order valence-electron chi connectivity index (χ1n) is 9.95. The fourth-order valence-electron chi connectivity index (χ4n) is 3.84. The van der Waals surface area contributed by atoms with Crippen molar-refractivity contribution in [1.82, 2.24) is 10.6 Å². The summed E-state index contributed by atoms with van der Waals surface area (Å²) in [6.07, 6.45) is 0. The van der Waals surface area contributed by atoms with Gasteiger partial charge in [-0.15, -0.1) is 0 Å². The first-order valence-corrected chi connectivity index (χ1v) is 12.6. The third kappa shape index (κ3) is 3.96. The number of benzene rings is 3. The van der Waals surface area contributed by atoms with Crippen LogP contribution in [-0.4, -0.2) is 23.5 Å². The average molecular weight is 622 g/mol. The van der Waals surface area contributed by atoms with Crippen LogP contribution in [0.3, 0.4) is 0 Å². The molecule has 2 amide bonds. The zero-order valence-electron chi connectivity index (χ0n) is 17.7. The molecule has 0 unspecified atom stereocenters. The summed E-state index contributed by atoms with van der Waals surface area (Å²) in [4.78, 5) is 33.9. The molecule has 0 aliphatic carbocycles. The molecule has 3 aromatic rings. The minimum absolute atomic E-state index is 0.0101. The normalized spacial score (nSPS) is 16.4. The second kappa shape index (κ2) is 9.37. The maximum absolute atomic E-state index is 12.5. The van der Waals surface area contributed by atoms with Crippen molar-refractivity contribution in [1.29, 1.82) is 0 Å². The molecule has 2 aliphatic rings. The number of amidine groups is 2. The lowest BCUT2D eigenvalue weighted by Crippen LogP contribution is -2.21. The van der Waals surface area contributed by atoms with Gasteiger partial charge in [0.15, 0.2) is 0 Å². The summed E-state index contributed by atoms with van der Waals surface area (Å²) in [6, 6.07) is 6.64. The van der Waals surface area contributed by atoms with Gasteiger partial charge in [-0.1, -0.05) is 81.2 Å². The average Bonchev–Trinajstić information content (AvgIpc) is 3.35. The monoisotopic (exact) mass is 618 g/mol. The van der Waals surface area contributed by atoms with E-state index in [0.29, 0.717) is 28.1 Å². The van der Waals surface area contributed by atoms with Crippen molar-refractivity contribution in [3.63, 3.8) is 0 Å². The van der Waals surface area contributed by atoms with Gasteiger partial charge >= 0.3 is 0 Å². The topological polar surface area (TPSA) is 82.9 Å². The van der Waals surface area contributed by atoms with E-state index in [2.05, 4.69) is 20.6 Å². The number of aliphatic imine (C=N–C) groups is 2. The number of hydrogen-bond acceptors (Lipinski definition) is 4. The molecule has 2 heterocycles. The number of nitrogens with zero attached hydrogens (tertiary/aromatic N) is 2. The van der Waals surface area contributed by atoms with Crippen LogP contribution in [0.4, 0.5) is 11.4 Å². The van der Waals surface area contributed by atoms with Crippen LogP contribution in [0, 0.1) is 6.92 Å². The highest BCUT2D eigenvalue weighted by molar-refractivity contribution is 6.55. The van der Waals surface area contributed by atoms with Crippen LogP contribution in [0.2, 0.25) is 35.2 Å². The minimum atomic E-state index is -0.501. The van der Waals surface area contributed by atoms with Crippen molar-refractivity contribution >= 4 is 116 Å². The zero-order valence-corrected chi connectivity index (χ0v) is 23.0. The second-order valence-electron chi connectivity index (χ2n) is 7.67. The van der Waals surface area contributed by atoms with Gasteiger partial charge in [0.25, 0.3) is 11.8 Å². The first kappa shape index (κ1) is 25.6. The molecule has 5 rings (SSSR count). The molecular formula is C23H9Cl7N4O2. The molecule has 36 heavy (non-hydrogen) atoms. The van der Waals surface area contributed by atoms with Crippen LogP contribution >= 0.6 is 81.2 Å². The third-order valence-corrected chi connectivity index (χ3v) is 8.77. The predicted molar refractivity (Wildman–Crippen MR) is 146 cm³/mol. The number of fused-ring (bicyclic) bond motifs is 2. The number of halogens is 7. The Morgan fingerprint density at radius 1 is 0.528 bits per heavy atom. The van der Waals surface area contributed by atoms with E-state index in [1.807, 2.05) is 0 Å². The Labute approximate surface area is 239 Å². The summed E-state index contributed by atoms with van der Waals surface area (Å²) < 4.78 is 0. The van der Waals surface area contributed by atoms with Gasteiger partial charge in [-0.05, 0) is 36.8 Å². The summed E-state index contributed by atoms with van der Waals surface area (Å²) in [5, 5.41) is 5.87. The third-order valence-electron chi connectivity index (χ3n) is 5.55. The van der Waals surface area contributed by atoms with E-state index in [4.69, 9.17) is 81.2 Å². The van der Waals surface area contributed by atoms with Crippen LogP contribution < -0.4 is 10.6 Å². The lowest BCUT2D eigenvalue weighted by atomic mass is 10.0. The Morgan fingerprint density at radius 3 is 1.36 bits per heavy atom. The van der Waals surface area contributed by atoms with E-state index in [9.17, 15) is 9.59 Å². The molecule has 0 saturated carbocycles. The van der Waals surface area contributed by atoms with Crippen molar-refractivity contribution in [2.75, 3.05) is 0 Å². The Bertz CT molecular complexity index is 1480. The van der Waals surface area contributed by atoms with Gasteiger partial charge in [-0.2, -0.15) is 0 Å². The Kier molecular flexibility index (Phi) is 6.67. The summed E-state index contributed by atoms with van der Waals surface area (Å²) in [7, 11) is 0. The predicted octanol–water partition coefficient (Wildman–Crippen LogP) is 8.21. The van der Waals surface area contributed by atoms with Crippen LogP contribution in [0.15, 0.2) is 34.3 Å². The molecule has 2 N–H and O–H groups in total. The largest absolute Gasteiger partial charge is 0.306 e. The molecule has 0 bridgehead atoms. The van der Waals surface area contributed by atoms with Crippen molar-refractivity contribution in [2.45, 2.75) is 6.92 Å². The number of nitrogens with one attached hydrogen (secondary N) is 2. The minimum Gasteiger partial charge on any atom is -0.306 e. The van der Waals surface area contributed by atoms with Gasteiger partial charge in [-0.25, -0.2) is 9.98 Å².